The lowest BCUT2D eigenvalue weighted by atomic mass is 10.2. The second kappa shape index (κ2) is 5.77. The monoisotopic (exact) mass is 171 g/mol. The molecule has 0 aromatic rings. The van der Waals surface area contributed by atoms with Gasteiger partial charge in [0.15, 0.2) is 5.78 Å². The summed E-state index contributed by atoms with van der Waals surface area (Å²) in [6, 6.07) is 0. The summed E-state index contributed by atoms with van der Waals surface area (Å²) in [6.07, 6.45) is 3.69. The number of nitrogens with zero attached hydrogens (tertiary/aromatic N) is 1. The Morgan fingerprint density at radius 1 is 1.58 bits per heavy atom. The molecule has 0 aliphatic rings. The molecule has 3 heteroatoms. The van der Waals surface area contributed by atoms with Crippen LogP contribution in [-0.2, 0) is 9.53 Å². The number of methoxy groups -OCH3 is 1. The van der Waals surface area contributed by atoms with Crippen LogP contribution in [-0.4, -0.2) is 38.0 Å². The van der Waals surface area contributed by atoms with Crippen molar-refractivity contribution < 1.29 is 9.53 Å². The molecule has 1 atom stereocenters. The van der Waals surface area contributed by atoms with Crippen LogP contribution in [0.2, 0.25) is 0 Å². The van der Waals surface area contributed by atoms with E-state index in [0.29, 0.717) is 6.42 Å². The Balaban J connectivity index is 4.01. The summed E-state index contributed by atoms with van der Waals surface area (Å²) in [6.45, 7) is 1.93. The van der Waals surface area contributed by atoms with Crippen molar-refractivity contribution in [1.29, 1.82) is 0 Å². The molecule has 0 aliphatic heterocycles. The van der Waals surface area contributed by atoms with Crippen molar-refractivity contribution in [3.05, 3.63) is 12.3 Å². The number of ketones is 1. The van der Waals surface area contributed by atoms with Gasteiger partial charge in [-0.15, -0.1) is 0 Å². The van der Waals surface area contributed by atoms with Gasteiger partial charge in [-0.3, -0.25) is 4.79 Å². The van der Waals surface area contributed by atoms with Crippen LogP contribution < -0.4 is 0 Å². The fourth-order valence-corrected chi connectivity index (χ4v) is 0.814. The maximum Gasteiger partial charge on any atom is 0.185 e. The lowest BCUT2D eigenvalue weighted by Crippen LogP contribution is -2.20. The van der Waals surface area contributed by atoms with Gasteiger partial charge >= 0.3 is 0 Å². The molecule has 12 heavy (non-hydrogen) atoms. The molecule has 0 aromatic carbocycles. The highest BCUT2D eigenvalue weighted by atomic mass is 16.5. The highest BCUT2D eigenvalue weighted by molar-refractivity contribution is 5.93. The van der Waals surface area contributed by atoms with Crippen molar-refractivity contribution in [2.45, 2.75) is 19.4 Å². The van der Waals surface area contributed by atoms with E-state index >= 15 is 0 Å². The van der Waals surface area contributed by atoms with Gasteiger partial charge in [-0.05, 0) is 12.5 Å². The van der Waals surface area contributed by atoms with E-state index in [4.69, 9.17) is 4.74 Å². The average molecular weight is 171 g/mol. The van der Waals surface area contributed by atoms with Crippen LogP contribution in [0.15, 0.2) is 12.3 Å². The lowest BCUT2D eigenvalue weighted by Gasteiger charge is -2.09. The molecule has 0 heterocycles. The zero-order valence-corrected chi connectivity index (χ0v) is 8.20. The molecule has 3 nitrogen and oxygen atoms in total. The summed E-state index contributed by atoms with van der Waals surface area (Å²) < 4.78 is 4.97. The standard InChI is InChI=1S/C9H17NO2/c1-5-9(12-4)8(11)6-7-10(2)3/h6-7,9H,5H2,1-4H3/b7-6+. The minimum atomic E-state index is -0.291. The third kappa shape index (κ3) is 4.13. The van der Waals surface area contributed by atoms with Gasteiger partial charge in [-0.25, -0.2) is 0 Å². The largest absolute Gasteiger partial charge is 0.383 e. The van der Waals surface area contributed by atoms with Crippen LogP contribution in [0.1, 0.15) is 13.3 Å². The zero-order chi connectivity index (χ0) is 9.56. The molecule has 1 unspecified atom stereocenters. The van der Waals surface area contributed by atoms with Gasteiger partial charge in [0.1, 0.15) is 6.10 Å². The molecular weight excluding hydrogens is 154 g/mol. The molecule has 0 saturated carbocycles. The SMILES string of the molecule is CCC(OC)C(=O)/C=C/N(C)C. The molecular formula is C9H17NO2. The van der Waals surface area contributed by atoms with E-state index in [1.54, 1.807) is 13.3 Å². The van der Waals surface area contributed by atoms with Crippen LogP contribution in [0.5, 0.6) is 0 Å². The smallest absolute Gasteiger partial charge is 0.185 e. The molecule has 0 aliphatic carbocycles. The quantitative estimate of drug-likeness (QED) is 0.579. The first-order valence-electron chi connectivity index (χ1n) is 4.03. The minimum absolute atomic E-state index is 0.0219. The van der Waals surface area contributed by atoms with Crippen LogP contribution in [0, 0.1) is 0 Å². The molecule has 0 N–H and O–H groups in total. The average Bonchev–Trinajstić information content (AvgIpc) is 2.03. The third-order valence-electron chi connectivity index (χ3n) is 1.51. The Bertz CT molecular complexity index is 160. The first-order valence-corrected chi connectivity index (χ1v) is 4.03. The first-order chi connectivity index (χ1) is 5.61. The van der Waals surface area contributed by atoms with Crippen molar-refractivity contribution in [3.63, 3.8) is 0 Å². The highest BCUT2D eigenvalue weighted by Crippen LogP contribution is 1.98. The lowest BCUT2D eigenvalue weighted by molar-refractivity contribution is -0.124. The van der Waals surface area contributed by atoms with Gasteiger partial charge in [0, 0.05) is 27.4 Å². The van der Waals surface area contributed by atoms with Crippen LogP contribution in [0.4, 0.5) is 0 Å². The first kappa shape index (κ1) is 11.2. The van der Waals surface area contributed by atoms with Crippen LogP contribution >= 0.6 is 0 Å². The van der Waals surface area contributed by atoms with E-state index in [0.717, 1.165) is 0 Å². The summed E-state index contributed by atoms with van der Waals surface area (Å²) in [5.74, 6) is 0.0219. The molecule has 0 fully saturated rings. The number of ether oxygens (including phenoxy) is 1. The number of carbonyl (C=O) groups is 1. The second-order valence-corrected chi connectivity index (χ2v) is 2.81. The predicted octanol–water partition coefficient (Wildman–Crippen LogP) is 1.06. The summed E-state index contributed by atoms with van der Waals surface area (Å²) >= 11 is 0. The number of carbonyl (C=O) groups excluding carboxylic acids is 1. The Morgan fingerprint density at radius 2 is 2.17 bits per heavy atom. The molecule has 0 bridgehead atoms. The van der Waals surface area contributed by atoms with E-state index in [2.05, 4.69) is 0 Å². The molecule has 0 saturated heterocycles. The Hall–Kier alpha value is -0.830. The zero-order valence-electron chi connectivity index (χ0n) is 8.20. The van der Waals surface area contributed by atoms with Crippen molar-refractivity contribution in [3.8, 4) is 0 Å². The molecule has 0 aromatic heterocycles. The number of hydrogen-bond donors (Lipinski definition) is 0. The Kier molecular flexibility index (Phi) is 5.37. The van der Waals surface area contributed by atoms with Crippen molar-refractivity contribution >= 4 is 5.78 Å². The number of rotatable bonds is 5. The van der Waals surface area contributed by atoms with E-state index < -0.39 is 0 Å². The summed E-state index contributed by atoms with van der Waals surface area (Å²) in [5, 5.41) is 0. The molecule has 0 spiro atoms. The summed E-state index contributed by atoms with van der Waals surface area (Å²) in [4.78, 5) is 13.1. The topological polar surface area (TPSA) is 29.5 Å². The van der Waals surface area contributed by atoms with Crippen molar-refractivity contribution in [1.82, 2.24) is 4.90 Å². The van der Waals surface area contributed by atoms with Crippen molar-refractivity contribution in [2.75, 3.05) is 21.2 Å². The molecule has 0 radical (unpaired) electrons. The third-order valence-corrected chi connectivity index (χ3v) is 1.51. The maximum atomic E-state index is 11.3. The van der Waals surface area contributed by atoms with Gasteiger partial charge in [-0.1, -0.05) is 6.92 Å². The Morgan fingerprint density at radius 3 is 2.50 bits per heavy atom. The van der Waals surface area contributed by atoms with E-state index in [1.807, 2.05) is 25.9 Å². The number of hydrogen-bond acceptors (Lipinski definition) is 3. The van der Waals surface area contributed by atoms with Crippen molar-refractivity contribution in [2.24, 2.45) is 0 Å². The second-order valence-electron chi connectivity index (χ2n) is 2.81. The van der Waals surface area contributed by atoms with Gasteiger partial charge < -0.3 is 9.64 Å². The van der Waals surface area contributed by atoms with E-state index in [-0.39, 0.29) is 11.9 Å². The van der Waals surface area contributed by atoms with Gasteiger partial charge in [0.05, 0.1) is 0 Å². The molecule has 70 valence electrons. The maximum absolute atomic E-state index is 11.3. The predicted molar refractivity (Wildman–Crippen MR) is 48.9 cm³/mol. The molecule has 0 rings (SSSR count). The van der Waals surface area contributed by atoms with Gasteiger partial charge in [0.25, 0.3) is 0 Å². The minimum Gasteiger partial charge on any atom is -0.383 e. The fourth-order valence-electron chi connectivity index (χ4n) is 0.814. The summed E-state index contributed by atoms with van der Waals surface area (Å²) in [5.41, 5.74) is 0. The van der Waals surface area contributed by atoms with Gasteiger partial charge in [0.2, 0.25) is 0 Å². The summed E-state index contributed by atoms with van der Waals surface area (Å²) in [7, 11) is 5.30. The van der Waals surface area contributed by atoms with Gasteiger partial charge in [-0.2, -0.15) is 0 Å². The highest BCUT2D eigenvalue weighted by Gasteiger charge is 2.11. The van der Waals surface area contributed by atoms with Crippen LogP contribution in [0.25, 0.3) is 0 Å². The van der Waals surface area contributed by atoms with E-state index in [9.17, 15) is 4.79 Å². The normalized spacial score (nSPS) is 13.3. The fraction of sp³-hybridized carbons (Fsp3) is 0.667. The Labute approximate surface area is 74.0 Å². The van der Waals surface area contributed by atoms with Crippen LogP contribution in [0.3, 0.4) is 0 Å². The van der Waals surface area contributed by atoms with E-state index in [1.165, 1.54) is 6.08 Å². The molecule has 0 amide bonds.